The van der Waals surface area contributed by atoms with Crippen LogP contribution in [0.5, 0.6) is 0 Å². The van der Waals surface area contributed by atoms with Crippen LogP contribution in [0.4, 0.5) is 0 Å². The Balaban J connectivity index is 2.24. The smallest absolute Gasteiger partial charge is 0.269 e. The zero-order valence-electron chi connectivity index (χ0n) is 13.3. The Bertz CT molecular complexity index is 901. The highest BCUT2D eigenvalue weighted by Crippen LogP contribution is 2.27. The molecule has 3 rings (SSSR count). The first-order chi connectivity index (χ1) is 11.1. The Labute approximate surface area is 135 Å². The number of aromatic nitrogens is 1. The quantitative estimate of drug-likeness (QED) is 0.734. The summed E-state index contributed by atoms with van der Waals surface area (Å²) >= 11 is 0. The molecule has 0 N–H and O–H groups in total. The Hall–Kier alpha value is -2.86. The topological polar surface area (TPSA) is 45.8 Å². The van der Waals surface area contributed by atoms with Crippen molar-refractivity contribution in [1.82, 2.24) is 4.57 Å². The van der Waals surface area contributed by atoms with E-state index in [1.807, 2.05) is 54.6 Å². The largest absolute Gasteiger partial charge is 0.303 e. The van der Waals surface area contributed by atoms with Crippen LogP contribution in [0, 0.1) is 11.3 Å². The second-order valence-corrected chi connectivity index (χ2v) is 5.99. The van der Waals surface area contributed by atoms with E-state index in [4.69, 9.17) is 0 Å². The summed E-state index contributed by atoms with van der Waals surface area (Å²) in [6, 6.07) is 19.8. The zero-order valence-corrected chi connectivity index (χ0v) is 13.3. The molecule has 23 heavy (non-hydrogen) atoms. The van der Waals surface area contributed by atoms with Crippen molar-refractivity contribution in [1.29, 1.82) is 5.26 Å². The van der Waals surface area contributed by atoms with Gasteiger partial charge in [0.05, 0.1) is 12.2 Å². The van der Waals surface area contributed by atoms with Gasteiger partial charge < -0.3 is 4.57 Å². The van der Waals surface area contributed by atoms with Gasteiger partial charge in [0.1, 0.15) is 11.6 Å². The molecule has 0 spiro atoms. The fourth-order valence-electron chi connectivity index (χ4n) is 2.81. The first kappa shape index (κ1) is 15.1. The Morgan fingerprint density at radius 1 is 1.09 bits per heavy atom. The molecule has 0 radical (unpaired) electrons. The van der Waals surface area contributed by atoms with Gasteiger partial charge in [-0.2, -0.15) is 5.26 Å². The van der Waals surface area contributed by atoms with Gasteiger partial charge in [0.25, 0.3) is 5.56 Å². The maximum absolute atomic E-state index is 12.6. The first-order valence-corrected chi connectivity index (χ1v) is 7.72. The van der Waals surface area contributed by atoms with E-state index >= 15 is 0 Å². The van der Waals surface area contributed by atoms with E-state index in [1.165, 1.54) is 0 Å². The van der Waals surface area contributed by atoms with Gasteiger partial charge in [-0.1, -0.05) is 62.4 Å². The first-order valence-electron chi connectivity index (χ1n) is 7.72. The lowest BCUT2D eigenvalue weighted by atomic mass is 10.0. The summed E-state index contributed by atoms with van der Waals surface area (Å²) in [7, 11) is 0. The third-order valence-corrected chi connectivity index (χ3v) is 4.11. The van der Waals surface area contributed by atoms with Gasteiger partial charge in [-0.25, -0.2) is 0 Å². The summed E-state index contributed by atoms with van der Waals surface area (Å²) in [6.07, 6.45) is 0. The molecule has 3 nitrogen and oxygen atoms in total. The van der Waals surface area contributed by atoms with Crippen LogP contribution in [0.15, 0.2) is 59.4 Å². The van der Waals surface area contributed by atoms with Gasteiger partial charge in [0.15, 0.2) is 0 Å². The van der Waals surface area contributed by atoms with E-state index in [-0.39, 0.29) is 11.1 Å². The predicted molar refractivity (Wildman–Crippen MR) is 91.7 cm³/mol. The van der Waals surface area contributed by atoms with Gasteiger partial charge in [0.2, 0.25) is 0 Å². The van der Waals surface area contributed by atoms with E-state index in [1.54, 1.807) is 4.57 Å². The molecule has 0 saturated heterocycles. The number of hydrogen-bond acceptors (Lipinski definition) is 2. The van der Waals surface area contributed by atoms with Crippen molar-refractivity contribution in [2.45, 2.75) is 26.3 Å². The second kappa shape index (κ2) is 6.10. The molecule has 1 aliphatic carbocycles. The monoisotopic (exact) mass is 302 g/mol. The molecule has 0 saturated carbocycles. The van der Waals surface area contributed by atoms with Crippen molar-refractivity contribution < 1.29 is 0 Å². The number of fused-ring (bicyclic) bond motifs is 1. The van der Waals surface area contributed by atoms with E-state index < -0.39 is 0 Å². The molecule has 0 amide bonds. The molecular weight excluding hydrogens is 284 g/mol. The summed E-state index contributed by atoms with van der Waals surface area (Å²) in [5.41, 5.74) is 3.75. The van der Waals surface area contributed by atoms with Crippen LogP contribution in [0.2, 0.25) is 0 Å². The van der Waals surface area contributed by atoms with Crippen LogP contribution in [-0.2, 0) is 6.54 Å². The molecule has 1 heterocycles. The average Bonchev–Trinajstić information content (AvgIpc) is 2.70. The van der Waals surface area contributed by atoms with Crippen molar-refractivity contribution >= 4 is 0 Å². The Morgan fingerprint density at radius 2 is 1.83 bits per heavy atom. The molecule has 0 unspecified atom stereocenters. The van der Waals surface area contributed by atoms with E-state index in [9.17, 15) is 10.1 Å². The van der Waals surface area contributed by atoms with Crippen molar-refractivity contribution in [3.63, 3.8) is 0 Å². The molecule has 0 aromatic heterocycles. The van der Waals surface area contributed by atoms with Crippen LogP contribution < -0.4 is 5.56 Å². The maximum atomic E-state index is 12.6. The lowest BCUT2D eigenvalue weighted by Gasteiger charge is -2.08. The summed E-state index contributed by atoms with van der Waals surface area (Å²) < 4.78 is 1.70. The lowest BCUT2D eigenvalue weighted by molar-refractivity contribution is 0.782. The van der Waals surface area contributed by atoms with E-state index in [2.05, 4.69) is 19.9 Å². The molecule has 1 aromatic rings. The third-order valence-electron chi connectivity index (χ3n) is 4.11. The minimum absolute atomic E-state index is 0.216. The zero-order chi connectivity index (χ0) is 16.4. The van der Waals surface area contributed by atoms with Gasteiger partial charge in [0, 0.05) is 5.56 Å². The summed E-state index contributed by atoms with van der Waals surface area (Å²) in [6.45, 7) is 4.71. The standard InChI is InChI=1S/C20H18N2O/c1-14(2)16-9-6-10-17-18(12-21)20(23)22(19(17)11-16)13-15-7-4-3-5-8-15/h3-11,14H,13H2,1-2H3. The molecule has 3 heteroatoms. The fraction of sp³-hybridized carbons (Fsp3) is 0.200. The minimum Gasteiger partial charge on any atom is -0.303 e. The number of nitriles is 1. The number of hydrogen-bond donors (Lipinski definition) is 0. The lowest BCUT2D eigenvalue weighted by Crippen LogP contribution is -2.17. The molecule has 114 valence electrons. The molecule has 2 aliphatic rings. The molecular formula is C20H18N2O. The van der Waals surface area contributed by atoms with E-state index in [0.717, 1.165) is 22.4 Å². The number of rotatable bonds is 3. The fourth-order valence-corrected chi connectivity index (χ4v) is 2.81. The normalized spacial score (nSPS) is 10.9. The summed E-state index contributed by atoms with van der Waals surface area (Å²) in [4.78, 5) is 12.6. The Morgan fingerprint density at radius 3 is 2.48 bits per heavy atom. The van der Waals surface area contributed by atoms with Crippen LogP contribution in [0.1, 0.15) is 36.5 Å². The van der Waals surface area contributed by atoms with Crippen molar-refractivity contribution in [2.75, 3.05) is 0 Å². The second-order valence-electron chi connectivity index (χ2n) is 5.99. The number of benzene rings is 1. The minimum atomic E-state index is -0.216. The van der Waals surface area contributed by atoms with Gasteiger partial charge in [-0.3, -0.25) is 4.79 Å². The highest BCUT2D eigenvalue weighted by Gasteiger charge is 2.20. The summed E-state index contributed by atoms with van der Waals surface area (Å²) in [5, 5.41) is 9.39. The molecule has 1 aliphatic heterocycles. The molecule has 1 aromatic carbocycles. The van der Waals surface area contributed by atoms with Crippen molar-refractivity contribution in [3.8, 4) is 17.3 Å². The van der Waals surface area contributed by atoms with Crippen LogP contribution >= 0.6 is 0 Å². The summed E-state index contributed by atoms with van der Waals surface area (Å²) in [5.74, 6) is 0.353. The maximum Gasteiger partial charge on any atom is 0.269 e. The molecule has 0 bridgehead atoms. The average molecular weight is 302 g/mol. The van der Waals surface area contributed by atoms with Crippen LogP contribution in [0.25, 0.3) is 11.3 Å². The van der Waals surface area contributed by atoms with Gasteiger partial charge in [-0.05, 0) is 23.1 Å². The molecule has 0 atom stereocenters. The molecule has 0 fully saturated rings. The van der Waals surface area contributed by atoms with Crippen LogP contribution in [-0.4, -0.2) is 4.57 Å². The third kappa shape index (κ3) is 2.76. The highest BCUT2D eigenvalue weighted by molar-refractivity contribution is 5.70. The van der Waals surface area contributed by atoms with Gasteiger partial charge >= 0.3 is 0 Å². The Kier molecular flexibility index (Phi) is 3.99. The van der Waals surface area contributed by atoms with Crippen LogP contribution in [0.3, 0.4) is 0 Å². The van der Waals surface area contributed by atoms with E-state index in [0.29, 0.717) is 12.5 Å². The number of nitrogens with zero attached hydrogens (tertiary/aromatic N) is 2. The van der Waals surface area contributed by atoms with Crippen molar-refractivity contribution in [2.24, 2.45) is 0 Å². The SMILES string of the molecule is CC(C)c1cccc2c(C#N)c(=O)n(Cc3ccccc3)c-2c1. The van der Waals surface area contributed by atoms with Gasteiger partial charge in [-0.15, -0.1) is 0 Å². The van der Waals surface area contributed by atoms with Crippen molar-refractivity contribution in [3.05, 3.63) is 81.6 Å². The predicted octanol–water partition coefficient (Wildman–Crippen LogP) is 4.00. The highest BCUT2D eigenvalue weighted by atomic mass is 16.1.